The van der Waals surface area contributed by atoms with Crippen LogP contribution in [0, 0.1) is 5.92 Å². The largest absolute Gasteiger partial charge is 0.389 e. The number of thiophene rings is 1. The first-order valence-electron chi connectivity index (χ1n) is 5.73. The van der Waals surface area contributed by atoms with E-state index in [1.165, 1.54) is 17.8 Å². The Labute approximate surface area is 94.5 Å². The summed E-state index contributed by atoms with van der Waals surface area (Å²) in [6, 6.07) is 4.22. The Hall–Kier alpha value is -0.380. The van der Waals surface area contributed by atoms with Gasteiger partial charge in [0.1, 0.15) is 0 Å². The Morgan fingerprint density at radius 1 is 1.53 bits per heavy atom. The highest BCUT2D eigenvalue weighted by Gasteiger charge is 2.44. The minimum Gasteiger partial charge on any atom is -0.389 e. The first kappa shape index (κ1) is 9.82. The molecule has 0 spiro atoms. The zero-order valence-electron chi connectivity index (χ0n) is 8.85. The molecule has 82 valence electrons. The van der Waals surface area contributed by atoms with E-state index in [1.54, 1.807) is 11.3 Å². The monoisotopic (exact) mass is 223 g/mol. The Morgan fingerprint density at radius 3 is 3.27 bits per heavy atom. The molecule has 2 saturated heterocycles. The summed E-state index contributed by atoms with van der Waals surface area (Å²) in [5, 5.41) is 12.8. The van der Waals surface area contributed by atoms with E-state index in [9.17, 15) is 5.11 Å². The first-order valence-corrected chi connectivity index (χ1v) is 6.61. The number of fused-ring (bicyclic) bond motifs is 2. The summed E-state index contributed by atoms with van der Waals surface area (Å²) >= 11 is 1.77. The van der Waals surface area contributed by atoms with E-state index in [2.05, 4.69) is 22.4 Å². The van der Waals surface area contributed by atoms with Gasteiger partial charge in [0, 0.05) is 30.3 Å². The van der Waals surface area contributed by atoms with Crippen molar-refractivity contribution in [3.05, 3.63) is 22.4 Å². The van der Waals surface area contributed by atoms with E-state index in [0.717, 1.165) is 25.9 Å². The zero-order chi connectivity index (χ0) is 10.3. The van der Waals surface area contributed by atoms with E-state index in [0.29, 0.717) is 5.92 Å². The maximum absolute atomic E-state index is 10.7. The number of nitrogens with zero attached hydrogens (tertiary/aromatic N) is 1. The lowest BCUT2D eigenvalue weighted by Gasteiger charge is -2.38. The molecule has 2 nitrogen and oxygen atoms in total. The van der Waals surface area contributed by atoms with Crippen LogP contribution in [0.3, 0.4) is 0 Å². The second kappa shape index (κ2) is 3.58. The predicted molar refractivity (Wildman–Crippen MR) is 62.1 cm³/mol. The topological polar surface area (TPSA) is 23.5 Å². The molecule has 0 aromatic carbocycles. The Kier molecular flexibility index (Phi) is 2.34. The van der Waals surface area contributed by atoms with Crippen LogP contribution in [0.2, 0.25) is 0 Å². The molecule has 0 aliphatic carbocycles. The second-order valence-electron chi connectivity index (χ2n) is 4.90. The van der Waals surface area contributed by atoms with E-state index in [4.69, 9.17) is 0 Å². The molecule has 2 bridgehead atoms. The van der Waals surface area contributed by atoms with Crippen molar-refractivity contribution in [1.29, 1.82) is 0 Å². The Morgan fingerprint density at radius 2 is 2.47 bits per heavy atom. The minimum atomic E-state index is -0.419. The van der Waals surface area contributed by atoms with Crippen molar-refractivity contribution in [3.63, 3.8) is 0 Å². The van der Waals surface area contributed by atoms with Gasteiger partial charge in [-0.05, 0) is 30.8 Å². The van der Waals surface area contributed by atoms with Gasteiger partial charge in [-0.15, -0.1) is 11.3 Å². The van der Waals surface area contributed by atoms with Crippen LogP contribution in [0.1, 0.15) is 17.7 Å². The van der Waals surface area contributed by atoms with Gasteiger partial charge in [0.05, 0.1) is 5.60 Å². The molecule has 1 N–H and O–H groups in total. The standard InChI is InChI=1S/C12H17NOS/c14-12(8-11-2-1-7-15-11)4-6-13-5-3-10(12)9-13/h1-2,7,10,14H,3-6,8-9H2. The molecule has 3 rings (SSSR count). The van der Waals surface area contributed by atoms with E-state index in [1.807, 2.05) is 0 Å². The van der Waals surface area contributed by atoms with Crippen molar-refractivity contribution in [2.45, 2.75) is 24.9 Å². The molecule has 15 heavy (non-hydrogen) atoms. The van der Waals surface area contributed by atoms with Crippen molar-refractivity contribution >= 4 is 11.3 Å². The summed E-state index contributed by atoms with van der Waals surface area (Å²) in [5.74, 6) is 0.508. The summed E-state index contributed by atoms with van der Waals surface area (Å²) in [5.41, 5.74) is -0.419. The minimum absolute atomic E-state index is 0.419. The van der Waals surface area contributed by atoms with Gasteiger partial charge in [0.15, 0.2) is 0 Å². The molecular formula is C12H17NOS. The van der Waals surface area contributed by atoms with Gasteiger partial charge in [0.25, 0.3) is 0 Å². The fourth-order valence-electron chi connectivity index (χ4n) is 2.98. The van der Waals surface area contributed by atoms with Gasteiger partial charge in [-0.25, -0.2) is 0 Å². The lowest BCUT2D eigenvalue weighted by molar-refractivity contribution is -0.0433. The third-order valence-electron chi connectivity index (χ3n) is 3.95. The van der Waals surface area contributed by atoms with Crippen LogP contribution in [-0.2, 0) is 6.42 Å². The van der Waals surface area contributed by atoms with Gasteiger partial charge in [-0.1, -0.05) is 6.07 Å². The molecule has 2 fully saturated rings. The Balaban J connectivity index is 1.78. The van der Waals surface area contributed by atoms with E-state index >= 15 is 0 Å². The molecule has 2 aliphatic heterocycles. The molecule has 3 atom stereocenters. The normalized spacial score (nSPS) is 39.5. The molecule has 0 saturated carbocycles. The maximum Gasteiger partial charge on any atom is 0.0748 e. The van der Waals surface area contributed by atoms with E-state index in [-0.39, 0.29) is 0 Å². The van der Waals surface area contributed by atoms with Crippen LogP contribution in [0.25, 0.3) is 0 Å². The second-order valence-corrected chi connectivity index (χ2v) is 5.93. The summed E-state index contributed by atoms with van der Waals surface area (Å²) in [4.78, 5) is 3.81. The fourth-order valence-corrected chi connectivity index (χ4v) is 3.80. The van der Waals surface area contributed by atoms with Gasteiger partial charge in [-0.3, -0.25) is 0 Å². The number of hydrogen-bond donors (Lipinski definition) is 1. The van der Waals surface area contributed by atoms with Crippen molar-refractivity contribution in [2.24, 2.45) is 5.92 Å². The fraction of sp³-hybridized carbons (Fsp3) is 0.667. The summed E-state index contributed by atoms with van der Waals surface area (Å²) in [6.07, 6.45) is 3.00. The number of rotatable bonds is 2. The highest BCUT2D eigenvalue weighted by atomic mass is 32.1. The van der Waals surface area contributed by atoms with Crippen molar-refractivity contribution in [3.8, 4) is 0 Å². The SMILES string of the molecule is OC1(Cc2cccs2)CCN2CCC1C2. The van der Waals surface area contributed by atoms with E-state index < -0.39 is 5.60 Å². The summed E-state index contributed by atoms with van der Waals surface area (Å²) < 4.78 is 0. The average Bonchev–Trinajstić information content (AvgIpc) is 2.82. The third kappa shape index (κ3) is 1.73. The molecule has 0 radical (unpaired) electrons. The van der Waals surface area contributed by atoms with Gasteiger partial charge in [-0.2, -0.15) is 0 Å². The highest BCUT2D eigenvalue weighted by molar-refractivity contribution is 7.09. The number of aliphatic hydroxyl groups is 1. The molecule has 1 aromatic rings. The highest BCUT2D eigenvalue weighted by Crippen LogP contribution is 2.38. The van der Waals surface area contributed by atoms with Crippen molar-refractivity contribution < 1.29 is 5.11 Å². The zero-order valence-corrected chi connectivity index (χ0v) is 9.67. The summed E-state index contributed by atoms with van der Waals surface area (Å²) in [6.45, 7) is 3.39. The third-order valence-corrected chi connectivity index (χ3v) is 4.83. The number of hydrogen-bond acceptors (Lipinski definition) is 3. The van der Waals surface area contributed by atoms with Crippen molar-refractivity contribution in [2.75, 3.05) is 19.6 Å². The first-order chi connectivity index (χ1) is 7.26. The lowest BCUT2D eigenvalue weighted by atomic mass is 9.79. The van der Waals surface area contributed by atoms with Crippen LogP contribution in [0.15, 0.2) is 17.5 Å². The molecule has 3 heterocycles. The molecule has 3 heteroatoms. The van der Waals surface area contributed by atoms with Crippen LogP contribution in [0.5, 0.6) is 0 Å². The lowest BCUT2D eigenvalue weighted by Crippen LogP contribution is -2.47. The molecular weight excluding hydrogens is 206 g/mol. The van der Waals surface area contributed by atoms with Gasteiger partial charge in [0.2, 0.25) is 0 Å². The van der Waals surface area contributed by atoms with Crippen LogP contribution >= 0.6 is 11.3 Å². The Bertz CT molecular complexity index is 337. The van der Waals surface area contributed by atoms with Gasteiger partial charge < -0.3 is 10.0 Å². The molecule has 1 aromatic heterocycles. The smallest absolute Gasteiger partial charge is 0.0748 e. The van der Waals surface area contributed by atoms with Gasteiger partial charge >= 0.3 is 0 Å². The molecule has 3 unspecified atom stereocenters. The maximum atomic E-state index is 10.7. The van der Waals surface area contributed by atoms with Crippen LogP contribution in [-0.4, -0.2) is 35.2 Å². The number of piperidine rings is 1. The summed E-state index contributed by atoms with van der Waals surface area (Å²) in [7, 11) is 0. The molecule has 0 amide bonds. The predicted octanol–water partition coefficient (Wildman–Crippen LogP) is 1.75. The van der Waals surface area contributed by atoms with Crippen LogP contribution < -0.4 is 0 Å². The molecule has 2 aliphatic rings. The van der Waals surface area contributed by atoms with Crippen LogP contribution in [0.4, 0.5) is 0 Å². The average molecular weight is 223 g/mol. The van der Waals surface area contributed by atoms with Crippen molar-refractivity contribution in [1.82, 2.24) is 4.90 Å². The quantitative estimate of drug-likeness (QED) is 0.825.